The van der Waals surface area contributed by atoms with E-state index in [1.807, 2.05) is 6.07 Å². The number of hydrogen-bond donors (Lipinski definition) is 2. The molecule has 5 nitrogen and oxygen atoms in total. The number of methoxy groups -OCH3 is 1. The lowest BCUT2D eigenvalue weighted by molar-refractivity contribution is -0.156. The Morgan fingerprint density at radius 3 is 2.65 bits per heavy atom. The van der Waals surface area contributed by atoms with Crippen molar-refractivity contribution in [3.8, 4) is 6.07 Å². The Labute approximate surface area is 98.9 Å². The number of benzene rings is 1. The first-order chi connectivity index (χ1) is 8.02. The summed E-state index contributed by atoms with van der Waals surface area (Å²) in [6, 6.07) is 6.76. The van der Waals surface area contributed by atoms with Crippen LogP contribution < -0.4 is 0 Å². The van der Waals surface area contributed by atoms with E-state index in [0.717, 1.165) is 7.11 Å². The summed E-state index contributed by atoms with van der Waals surface area (Å²) in [5, 5.41) is 28.3. The maximum Gasteiger partial charge on any atom is 0.337 e. The lowest BCUT2D eigenvalue weighted by atomic mass is 9.94. The molecule has 2 N–H and O–H groups in total. The Morgan fingerprint density at radius 2 is 2.12 bits per heavy atom. The lowest BCUT2D eigenvalue weighted by Crippen LogP contribution is -2.30. The maximum absolute atomic E-state index is 11.1. The van der Waals surface area contributed by atoms with Gasteiger partial charge in [0.2, 0.25) is 0 Å². The zero-order valence-corrected chi connectivity index (χ0v) is 9.54. The molecule has 17 heavy (non-hydrogen) atoms. The normalized spacial score (nSPS) is 13.6. The number of ether oxygens (including phenoxy) is 1. The Hall–Kier alpha value is -1.90. The maximum atomic E-state index is 11.1. The summed E-state index contributed by atoms with van der Waals surface area (Å²) in [5.41, 5.74) is 1.09. The van der Waals surface area contributed by atoms with Gasteiger partial charge in [-0.1, -0.05) is 12.1 Å². The van der Waals surface area contributed by atoms with Gasteiger partial charge in [-0.15, -0.1) is 0 Å². The second kappa shape index (κ2) is 5.43. The van der Waals surface area contributed by atoms with Crippen LogP contribution in [-0.4, -0.2) is 29.4 Å². The lowest BCUT2D eigenvalue weighted by Gasteiger charge is -2.18. The number of nitrogens with zero attached hydrogens (tertiary/aromatic N) is 1. The Kier molecular flexibility index (Phi) is 4.21. The number of carbonyl (C=O) groups is 1. The molecule has 0 aliphatic carbocycles. The second-order valence-corrected chi connectivity index (χ2v) is 3.56. The van der Waals surface area contributed by atoms with Gasteiger partial charge in [-0.2, -0.15) is 5.26 Å². The van der Waals surface area contributed by atoms with Crippen LogP contribution in [0.5, 0.6) is 0 Å². The van der Waals surface area contributed by atoms with Crippen molar-refractivity contribution in [3.63, 3.8) is 0 Å². The van der Waals surface area contributed by atoms with Gasteiger partial charge in [-0.25, -0.2) is 4.79 Å². The SMILES string of the molecule is COC(=O)C(O)C(O)c1c(C)cccc1C#N. The van der Waals surface area contributed by atoms with Crippen molar-refractivity contribution in [1.29, 1.82) is 5.26 Å². The summed E-state index contributed by atoms with van der Waals surface area (Å²) in [6.45, 7) is 1.68. The third kappa shape index (κ3) is 2.61. The third-order valence-corrected chi connectivity index (χ3v) is 2.48. The van der Waals surface area contributed by atoms with Crippen LogP contribution in [0.3, 0.4) is 0 Å². The highest BCUT2D eigenvalue weighted by atomic mass is 16.5. The Morgan fingerprint density at radius 1 is 1.47 bits per heavy atom. The number of nitriles is 1. The van der Waals surface area contributed by atoms with Gasteiger partial charge in [0.05, 0.1) is 18.7 Å². The van der Waals surface area contributed by atoms with Crippen LogP contribution in [-0.2, 0) is 9.53 Å². The van der Waals surface area contributed by atoms with Gasteiger partial charge in [-0.05, 0) is 18.6 Å². The predicted molar refractivity (Wildman–Crippen MR) is 58.9 cm³/mol. The predicted octanol–water partition coefficient (Wildman–Crippen LogP) is 0.434. The third-order valence-electron chi connectivity index (χ3n) is 2.48. The van der Waals surface area contributed by atoms with Crippen LogP contribution in [0.4, 0.5) is 0 Å². The van der Waals surface area contributed by atoms with Crippen LogP contribution in [0.1, 0.15) is 22.8 Å². The van der Waals surface area contributed by atoms with E-state index in [2.05, 4.69) is 4.74 Å². The minimum atomic E-state index is -1.70. The van der Waals surface area contributed by atoms with Crippen molar-refractivity contribution in [2.24, 2.45) is 0 Å². The van der Waals surface area contributed by atoms with E-state index in [9.17, 15) is 15.0 Å². The van der Waals surface area contributed by atoms with Crippen LogP contribution >= 0.6 is 0 Å². The van der Waals surface area contributed by atoms with Crippen molar-refractivity contribution in [1.82, 2.24) is 0 Å². The molecule has 1 aromatic carbocycles. The average molecular weight is 235 g/mol. The number of aliphatic hydroxyl groups is 2. The fourth-order valence-corrected chi connectivity index (χ4v) is 1.58. The molecule has 2 unspecified atom stereocenters. The first kappa shape index (κ1) is 13.2. The number of aliphatic hydroxyl groups excluding tert-OH is 2. The molecule has 90 valence electrons. The molecule has 0 aliphatic rings. The number of hydrogen-bond acceptors (Lipinski definition) is 5. The zero-order chi connectivity index (χ0) is 13.0. The van der Waals surface area contributed by atoms with Crippen LogP contribution in [0.25, 0.3) is 0 Å². The van der Waals surface area contributed by atoms with E-state index in [0.29, 0.717) is 5.56 Å². The molecule has 0 bridgehead atoms. The van der Waals surface area contributed by atoms with Crippen LogP contribution in [0, 0.1) is 18.3 Å². The summed E-state index contributed by atoms with van der Waals surface area (Å²) in [7, 11) is 1.11. The Bertz CT molecular complexity index is 464. The molecule has 0 aliphatic heterocycles. The minimum Gasteiger partial charge on any atom is -0.467 e. The van der Waals surface area contributed by atoms with Crippen molar-refractivity contribution in [2.45, 2.75) is 19.1 Å². The second-order valence-electron chi connectivity index (χ2n) is 3.56. The summed E-state index contributed by atoms with van der Waals surface area (Å²) < 4.78 is 4.34. The van der Waals surface area contributed by atoms with E-state index in [1.54, 1.807) is 19.1 Å². The van der Waals surface area contributed by atoms with Gasteiger partial charge >= 0.3 is 5.97 Å². The van der Waals surface area contributed by atoms with Gasteiger partial charge in [0, 0.05) is 5.56 Å². The number of rotatable bonds is 3. The standard InChI is InChI=1S/C12H13NO4/c1-7-4-3-5-8(6-13)9(7)10(14)11(15)12(16)17-2/h3-5,10-11,14-15H,1-2H3. The fourth-order valence-electron chi connectivity index (χ4n) is 1.58. The van der Waals surface area contributed by atoms with Gasteiger partial charge < -0.3 is 14.9 Å². The van der Waals surface area contributed by atoms with E-state index in [-0.39, 0.29) is 11.1 Å². The first-order valence-corrected chi connectivity index (χ1v) is 4.96. The van der Waals surface area contributed by atoms with Crippen molar-refractivity contribution < 1.29 is 19.7 Å². The first-order valence-electron chi connectivity index (χ1n) is 4.96. The highest BCUT2D eigenvalue weighted by Gasteiger charge is 2.29. The highest BCUT2D eigenvalue weighted by molar-refractivity contribution is 5.75. The number of aryl methyl sites for hydroxylation is 1. The molecule has 0 fully saturated rings. The molecule has 0 amide bonds. The van der Waals surface area contributed by atoms with E-state index in [1.165, 1.54) is 6.07 Å². The van der Waals surface area contributed by atoms with Gasteiger partial charge in [-0.3, -0.25) is 0 Å². The average Bonchev–Trinajstić information content (AvgIpc) is 2.35. The molecule has 1 aromatic rings. The van der Waals surface area contributed by atoms with Gasteiger partial charge in [0.15, 0.2) is 6.10 Å². The highest BCUT2D eigenvalue weighted by Crippen LogP contribution is 2.25. The summed E-state index contributed by atoms with van der Waals surface area (Å²) in [6.07, 6.45) is -3.17. The summed E-state index contributed by atoms with van der Waals surface area (Å²) in [5.74, 6) is -0.940. The molecular formula is C12H13NO4. The monoisotopic (exact) mass is 235 g/mol. The zero-order valence-electron chi connectivity index (χ0n) is 9.54. The fraction of sp³-hybridized carbons (Fsp3) is 0.333. The van der Waals surface area contributed by atoms with E-state index in [4.69, 9.17) is 5.26 Å². The Balaban J connectivity index is 3.16. The van der Waals surface area contributed by atoms with E-state index >= 15 is 0 Å². The molecule has 0 radical (unpaired) electrons. The number of esters is 1. The molecular weight excluding hydrogens is 222 g/mol. The molecule has 1 rings (SSSR count). The minimum absolute atomic E-state index is 0.223. The molecule has 5 heteroatoms. The molecule has 0 spiro atoms. The largest absolute Gasteiger partial charge is 0.467 e. The van der Waals surface area contributed by atoms with Crippen LogP contribution in [0.2, 0.25) is 0 Å². The molecule has 0 saturated carbocycles. The summed E-state index contributed by atoms with van der Waals surface area (Å²) in [4.78, 5) is 11.1. The smallest absolute Gasteiger partial charge is 0.337 e. The van der Waals surface area contributed by atoms with Crippen molar-refractivity contribution in [2.75, 3.05) is 7.11 Å². The van der Waals surface area contributed by atoms with Gasteiger partial charge in [0.25, 0.3) is 0 Å². The van der Waals surface area contributed by atoms with Gasteiger partial charge in [0.1, 0.15) is 6.10 Å². The van der Waals surface area contributed by atoms with Crippen molar-refractivity contribution >= 4 is 5.97 Å². The topological polar surface area (TPSA) is 90.6 Å². The molecule has 0 saturated heterocycles. The number of carbonyl (C=O) groups excluding carboxylic acids is 1. The summed E-state index contributed by atoms with van der Waals surface area (Å²) >= 11 is 0. The molecule has 0 heterocycles. The molecule has 2 atom stereocenters. The van der Waals surface area contributed by atoms with Crippen LogP contribution in [0.15, 0.2) is 18.2 Å². The molecule has 0 aromatic heterocycles. The quantitative estimate of drug-likeness (QED) is 0.741. The van der Waals surface area contributed by atoms with E-state index < -0.39 is 18.2 Å². The van der Waals surface area contributed by atoms with Crippen molar-refractivity contribution in [3.05, 3.63) is 34.9 Å².